The summed E-state index contributed by atoms with van der Waals surface area (Å²) in [5.41, 5.74) is 3.45. The van der Waals surface area contributed by atoms with Crippen LogP contribution in [0.15, 0.2) is 121 Å². The third kappa shape index (κ3) is 8.82. The number of halogens is 15. The van der Waals surface area contributed by atoms with Crippen molar-refractivity contribution in [2.75, 3.05) is 13.1 Å². The van der Waals surface area contributed by atoms with Crippen molar-refractivity contribution in [2.45, 2.75) is 33.5 Å². The highest BCUT2D eigenvalue weighted by molar-refractivity contribution is 6.58. The fourth-order valence-corrected chi connectivity index (χ4v) is 13.5. The average Bonchev–Trinajstić information content (AvgIpc) is 3.14. The van der Waals surface area contributed by atoms with Crippen molar-refractivity contribution in [3.8, 4) is 0 Å². The molecule has 5 aromatic carbocycles. The van der Waals surface area contributed by atoms with Crippen LogP contribution in [0.4, 0.5) is 0 Å². The number of nitrogens with two attached hydrogens (primary N) is 1. The summed E-state index contributed by atoms with van der Waals surface area (Å²) >= 11 is 114. The predicted molar refractivity (Wildman–Crippen MR) is 250 cm³/mol. The lowest BCUT2D eigenvalue weighted by Gasteiger charge is -2.65. The summed E-state index contributed by atoms with van der Waals surface area (Å²) in [7, 11) is 0. The molecule has 0 radical (unpaired) electrons. The molecule has 0 bridgehead atoms. The average molecular weight is 1070 g/mol. The van der Waals surface area contributed by atoms with Crippen LogP contribution in [0, 0.1) is 0 Å². The first kappa shape index (κ1) is 48.4. The lowest BCUT2D eigenvalue weighted by molar-refractivity contribution is -0.0396. The van der Waals surface area contributed by atoms with Crippen LogP contribution in [-0.4, -0.2) is 29.6 Å². The van der Waals surface area contributed by atoms with E-state index in [9.17, 15) is 0 Å². The van der Waals surface area contributed by atoms with Crippen LogP contribution in [0.3, 0.4) is 0 Å². The van der Waals surface area contributed by atoms with E-state index in [-0.39, 0.29) is 66.0 Å². The Kier molecular flexibility index (Phi) is 16.1. The Bertz CT molecular complexity index is 2080. The van der Waals surface area contributed by atoms with E-state index in [1.54, 1.807) is 72.8 Å². The first-order chi connectivity index (χ1) is 26.6. The molecule has 0 aromatic heterocycles. The number of nitrogens with zero attached hydrogens (tertiary/aromatic N) is 1. The first-order valence-electron chi connectivity index (χ1n) is 16.5. The number of nitrogens with one attached hydrogen (secondary N) is 1. The van der Waals surface area contributed by atoms with Crippen molar-refractivity contribution in [2.24, 2.45) is 5.73 Å². The van der Waals surface area contributed by atoms with Crippen LogP contribution in [0.5, 0.6) is 0 Å². The third-order valence-corrected chi connectivity index (χ3v) is 15.1. The molecule has 1 atom stereocenters. The molecule has 0 aliphatic carbocycles. The van der Waals surface area contributed by atoms with Crippen LogP contribution < -0.4 is 11.1 Å². The SMILES string of the molecule is NCCNC(C(Cl)(Cl)c1ccccc1Cl)C(N(C(Cl)(Cl)c1ccccc1Cl)C(Cl)(Cl)c1ccccc1Cl)(C(Cl)(Cl)c1ccccc1Cl)C(Cl)(Cl)c1ccccc1Cl. The van der Waals surface area contributed by atoms with Gasteiger partial charge in [0.1, 0.15) is 5.54 Å². The molecule has 3 N–H and O–H groups in total. The minimum Gasteiger partial charge on any atom is -0.329 e. The van der Waals surface area contributed by atoms with Crippen molar-refractivity contribution in [1.82, 2.24) is 10.2 Å². The van der Waals surface area contributed by atoms with Gasteiger partial charge in [0.05, 0.1) is 6.04 Å². The summed E-state index contributed by atoms with van der Waals surface area (Å²) in [4.78, 5) is 1.05. The van der Waals surface area contributed by atoms with E-state index in [0.29, 0.717) is 0 Å². The molecule has 304 valence electrons. The molecule has 0 spiro atoms. The van der Waals surface area contributed by atoms with Gasteiger partial charge in [-0.2, -0.15) is 0 Å². The second kappa shape index (κ2) is 19.0. The zero-order chi connectivity index (χ0) is 42.2. The second-order valence-corrected chi connectivity index (χ2v) is 21.2. The monoisotopic (exact) mass is 1060 g/mol. The molecule has 5 rings (SSSR count). The van der Waals surface area contributed by atoms with Gasteiger partial charge in [-0.1, -0.05) is 265 Å². The van der Waals surface area contributed by atoms with Gasteiger partial charge in [0.15, 0.2) is 13.0 Å². The highest BCUT2D eigenvalue weighted by atomic mass is 35.5. The van der Waals surface area contributed by atoms with Gasteiger partial charge >= 0.3 is 0 Å². The molecule has 0 aliphatic rings. The smallest absolute Gasteiger partial charge is 0.202 e. The van der Waals surface area contributed by atoms with E-state index < -0.39 is 33.5 Å². The van der Waals surface area contributed by atoms with Gasteiger partial charge < -0.3 is 11.1 Å². The Morgan fingerprint density at radius 1 is 0.439 bits per heavy atom. The lowest BCUT2D eigenvalue weighted by atomic mass is 9.71. The van der Waals surface area contributed by atoms with E-state index in [1.165, 1.54) is 48.5 Å². The van der Waals surface area contributed by atoms with Gasteiger partial charge in [-0.25, -0.2) is 4.90 Å². The Hall–Kier alpha value is 0.330. The maximum absolute atomic E-state index is 8.05. The Balaban J connectivity index is 2.21. The quantitative estimate of drug-likeness (QED) is 0.0811. The fourth-order valence-electron chi connectivity index (χ4n) is 6.74. The number of hydrogen-bond acceptors (Lipinski definition) is 3. The maximum atomic E-state index is 8.05. The van der Waals surface area contributed by atoms with Gasteiger partial charge in [0.25, 0.3) is 0 Å². The Morgan fingerprint density at radius 3 is 1.02 bits per heavy atom. The molecule has 3 nitrogen and oxygen atoms in total. The van der Waals surface area contributed by atoms with Crippen LogP contribution in [0.2, 0.25) is 25.1 Å². The van der Waals surface area contributed by atoms with Crippen molar-refractivity contribution < 1.29 is 0 Å². The highest BCUT2D eigenvalue weighted by Crippen LogP contribution is 2.72. The maximum Gasteiger partial charge on any atom is 0.202 e. The topological polar surface area (TPSA) is 41.3 Å². The van der Waals surface area contributed by atoms with E-state index in [2.05, 4.69) is 5.32 Å². The molecule has 0 saturated carbocycles. The summed E-state index contributed by atoms with van der Waals surface area (Å²) < 4.78 is -12.9. The summed E-state index contributed by atoms with van der Waals surface area (Å²) in [6, 6.07) is 29.9. The van der Waals surface area contributed by atoms with Crippen molar-refractivity contribution in [3.05, 3.63) is 174 Å². The minimum absolute atomic E-state index is 0.00579. The first-order valence-corrected chi connectivity index (χ1v) is 22.2. The van der Waals surface area contributed by atoms with Crippen LogP contribution >= 0.6 is 174 Å². The molecule has 0 aliphatic heterocycles. The van der Waals surface area contributed by atoms with E-state index in [4.69, 9.17) is 180 Å². The zero-order valence-electron chi connectivity index (χ0n) is 28.7. The number of hydrogen-bond donors (Lipinski definition) is 2. The standard InChI is InChI=1S/C39H28Cl15N3/c40-28-16-6-1-11-23(28)34(45,46)33(56-22-21-55)35(36(47,48)24-12-2-7-17-29(24)41,37(49,50)25-13-3-8-18-30(25)42)57(38(51,52)26-14-4-9-19-31(26)43)39(53,54)27-15-5-10-20-32(27)44/h1-20,33,56H,21-22,55H2. The lowest BCUT2D eigenvalue weighted by Crippen LogP contribution is -2.81. The molecule has 57 heavy (non-hydrogen) atoms. The second-order valence-electron chi connectivity index (χ2n) is 12.5. The number of alkyl halides is 10. The molecule has 0 amide bonds. The third-order valence-electron chi connectivity index (χ3n) is 9.20. The molecule has 0 fully saturated rings. The molecular formula is C39H28Cl15N3. The van der Waals surface area contributed by atoms with Crippen LogP contribution in [0.1, 0.15) is 27.8 Å². The normalized spacial score (nSPS) is 13.9. The van der Waals surface area contributed by atoms with Crippen molar-refractivity contribution >= 4 is 174 Å². The molecule has 1 unspecified atom stereocenters. The molecule has 5 aromatic rings. The van der Waals surface area contributed by atoms with Gasteiger partial charge in [-0.15, -0.1) is 0 Å². The predicted octanol–water partition coefficient (Wildman–Crippen LogP) is 15.8. The fraction of sp³-hybridized carbons (Fsp3) is 0.231. The highest BCUT2D eigenvalue weighted by Gasteiger charge is 2.79. The number of rotatable bonds is 15. The number of benzene rings is 5. The van der Waals surface area contributed by atoms with Gasteiger partial charge in [0.2, 0.25) is 8.91 Å². The molecule has 0 heterocycles. The Morgan fingerprint density at radius 2 is 0.719 bits per heavy atom. The minimum atomic E-state index is -2.80. The van der Waals surface area contributed by atoms with E-state index in [1.807, 2.05) is 0 Å². The zero-order valence-corrected chi connectivity index (χ0v) is 40.1. The van der Waals surface area contributed by atoms with Crippen LogP contribution in [-0.2, 0) is 21.9 Å². The summed E-state index contributed by atoms with van der Waals surface area (Å²) in [5.74, 6) is 0. The summed E-state index contributed by atoms with van der Waals surface area (Å²) in [6.45, 7) is -0.0981. The van der Waals surface area contributed by atoms with Crippen LogP contribution in [0.25, 0.3) is 0 Å². The largest absolute Gasteiger partial charge is 0.329 e. The van der Waals surface area contributed by atoms with E-state index in [0.717, 1.165) is 4.90 Å². The Labute approximate surface area is 406 Å². The summed E-state index contributed by atoms with van der Waals surface area (Å²) in [5, 5.41) is 3.51. The molecule has 0 saturated heterocycles. The van der Waals surface area contributed by atoms with Gasteiger partial charge in [0, 0.05) is 66.0 Å². The van der Waals surface area contributed by atoms with Crippen molar-refractivity contribution in [1.29, 1.82) is 0 Å². The summed E-state index contributed by atoms with van der Waals surface area (Å²) in [6.07, 6.45) is 0. The van der Waals surface area contributed by atoms with Gasteiger partial charge in [-0.05, 0) is 30.3 Å². The van der Waals surface area contributed by atoms with E-state index >= 15 is 0 Å². The molecule has 18 heteroatoms. The van der Waals surface area contributed by atoms with Gasteiger partial charge in [-0.3, -0.25) is 0 Å². The van der Waals surface area contributed by atoms with Crippen molar-refractivity contribution in [3.63, 3.8) is 0 Å². The molecular weight excluding hydrogens is 1040 g/mol.